The molecular weight excluding hydrogens is 346 g/mol. The van der Waals surface area contributed by atoms with Gasteiger partial charge < -0.3 is 9.84 Å². The number of rotatable bonds is 3. The molecule has 2 rings (SSSR count). The Balaban J connectivity index is 2.44. The fourth-order valence-electron chi connectivity index (χ4n) is 1.77. The van der Waals surface area contributed by atoms with Gasteiger partial charge in [-0.2, -0.15) is 0 Å². The molecular formula is C13H12BrNO4S. The van der Waals surface area contributed by atoms with E-state index < -0.39 is 0 Å². The van der Waals surface area contributed by atoms with Gasteiger partial charge in [-0.25, -0.2) is 0 Å². The Bertz CT molecular complexity index is 615. The van der Waals surface area contributed by atoms with Gasteiger partial charge in [-0.3, -0.25) is 14.5 Å². The third-order valence-electron chi connectivity index (χ3n) is 2.77. The summed E-state index contributed by atoms with van der Waals surface area (Å²) in [6.45, 7) is 2.06. The van der Waals surface area contributed by atoms with Crippen LogP contribution in [0.5, 0.6) is 11.5 Å². The van der Waals surface area contributed by atoms with Crippen molar-refractivity contribution in [1.82, 2.24) is 4.90 Å². The van der Waals surface area contributed by atoms with Gasteiger partial charge in [0.15, 0.2) is 11.5 Å². The number of carbonyl (C=O) groups is 2. The van der Waals surface area contributed by atoms with E-state index in [1.807, 2.05) is 0 Å². The Morgan fingerprint density at radius 3 is 2.70 bits per heavy atom. The van der Waals surface area contributed by atoms with Gasteiger partial charge in [-0.05, 0) is 36.9 Å². The number of methoxy groups -OCH3 is 1. The van der Waals surface area contributed by atoms with Gasteiger partial charge in [-0.1, -0.05) is 15.9 Å². The van der Waals surface area contributed by atoms with Crippen molar-refractivity contribution in [2.24, 2.45) is 0 Å². The highest BCUT2D eigenvalue weighted by Gasteiger charge is 2.33. The van der Waals surface area contributed by atoms with Crippen LogP contribution in [-0.2, 0) is 4.79 Å². The smallest absolute Gasteiger partial charge is 0.293 e. The van der Waals surface area contributed by atoms with Crippen molar-refractivity contribution < 1.29 is 19.4 Å². The SMILES string of the molecule is CCN1C(=O)SC(=Cc2cc(Br)cc(OC)c2O)C1=O. The molecule has 0 unspecified atom stereocenters. The second-order valence-corrected chi connectivity index (χ2v) is 5.88. The molecule has 0 bridgehead atoms. The Hall–Kier alpha value is -1.47. The number of hydrogen-bond acceptors (Lipinski definition) is 5. The zero-order valence-corrected chi connectivity index (χ0v) is 13.2. The lowest BCUT2D eigenvalue weighted by atomic mass is 10.1. The molecule has 1 fully saturated rings. The summed E-state index contributed by atoms with van der Waals surface area (Å²) < 4.78 is 5.74. The van der Waals surface area contributed by atoms with Crippen LogP contribution >= 0.6 is 27.7 Å². The third kappa shape index (κ3) is 2.69. The molecule has 1 saturated heterocycles. The molecule has 106 valence electrons. The molecule has 2 amide bonds. The summed E-state index contributed by atoms with van der Waals surface area (Å²) in [7, 11) is 1.44. The van der Waals surface area contributed by atoms with Crippen LogP contribution in [0.2, 0.25) is 0 Å². The Labute approximate surface area is 128 Å². The highest BCUT2D eigenvalue weighted by molar-refractivity contribution is 9.10. The van der Waals surface area contributed by atoms with Crippen LogP contribution in [0.4, 0.5) is 4.79 Å². The van der Waals surface area contributed by atoms with Gasteiger partial charge >= 0.3 is 0 Å². The molecule has 0 spiro atoms. The summed E-state index contributed by atoms with van der Waals surface area (Å²) in [5.41, 5.74) is 0.415. The third-order valence-corrected chi connectivity index (χ3v) is 4.13. The number of phenols is 1. The predicted octanol–water partition coefficient (Wildman–Crippen LogP) is 3.22. The summed E-state index contributed by atoms with van der Waals surface area (Å²) >= 11 is 4.16. The summed E-state index contributed by atoms with van der Waals surface area (Å²) in [6.07, 6.45) is 1.49. The maximum Gasteiger partial charge on any atom is 0.293 e. The Morgan fingerprint density at radius 2 is 2.15 bits per heavy atom. The lowest BCUT2D eigenvalue weighted by molar-refractivity contribution is -0.122. The first-order valence-electron chi connectivity index (χ1n) is 5.79. The van der Waals surface area contributed by atoms with Crippen molar-refractivity contribution in [1.29, 1.82) is 0 Å². The van der Waals surface area contributed by atoms with E-state index in [0.29, 0.717) is 22.3 Å². The van der Waals surface area contributed by atoms with Crippen molar-refractivity contribution in [3.05, 3.63) is 27.1 Å². The quantitative estimate of drug-likeness (QED) is 0.841. The first kappa shape index (κ1) is 14.9. The zero-order chi connectivity index (χ0) is 14.9. The molecule has 20 heavy (non-hydrogen) atoms. The largest absolute Gasteiger partial charge is 0.504 e. The average Bonchev–Trinajstić information content (AvgIpc) is 2.67. The lowest BCUT2D eigenvalue weighted by Gasteiger charge is -2.08. The second kappa shape index (κ2) is 5.88. The molecule has 1 aromatic carbocycles. The molecule has 1 N–H and O–H groups in total. The number of imide groups is 1. The minimum Gasteiger partial charge on any atom is -0.504 e. The van der Waals surface area contributed by atoms with Crippen molar-refractivity contribution >= 4 is 44.9 Å². The first-order valence-corrected chi connectivity index (χ1v) is 7.40. The van der Waals surface area contributed by atoms with Crippen molar-refractivity contribution in [3.63, 3.8) is 0 Å². The van der Waals surface area contributed by atoms with Crippen LogP contribution in [0.1, 0.15) is 12.5 Å². The minimum atomic E-state index is -0.346. The summed E-state index contributed by atoms with van der Waals surface area (Å²) in [4.78, 5) is 25.1. The zero-order valence-electron chi connectivity index (χ0n) is 10.8. The monoisotopic (exact) mass is 357 g/mol. The summed E-state index contributed by atoms with van der Waals surface area (Å²) in [6, 6.07) is 3.27. The van der Waals surface area contributed by atoms with E-state index in [2.05, 4.69) is 15.9 Å². The number of ether oxygens (including phenoxy) is 1. The molecule has 5 nitrogen and oxygen atoms in total. The number of aromatic hydroxyl groups is 1. The topological polar surface area (TPSA) is 66.8 Å². The van der Waals surface area contributed by atoms with E-state index in [9.17, 15) is 14.7 Å². The van der Waals surface area contributed by atoms with Crippen LogP contribution in [-0.4, -0.2) is 34.8 Å². The number of phenolic OH excluding ortho intramolecular Hbond substituents is 1. The van der Waals surface area contributed by atoms with E-state index in [0.717, 1.165) is 16.7 Å². The number of thioether (sulfide) groups is 1. The molecule has 0 saturated carbocycles. The highest BCUT2D eigenvalue weighted by atomic mass is 79.9. The van der Waals surface area contributed by atoms with E-state index in [-0.39, 0.29) is 21.8 Å². The summed E-state index contributed by atoms with van der Waals surface area (Å²) in [5, 5.41) is 9.74. The molecule has 1 aliphatic heterocycles. The Morgan fingerprint density at radius 1 is 1.45 bits per heavy atom. The van der Waals surface area contributed by atoms with Gasteiger partial charge in [0, 0.05) is 16.6 Å². The van der Waals surface area contributed by atoms with E-state index >= 15 is 0 Å². The number of likely N-dealkylation sites (N-methyl/N-ethyl adjacent to an activating group) is 1. The molecule has 1 heterocycles. The molecule has 0 radical (unpaired) electrons. The summed E-state index contributed by atoms with van der Waals surface area (Å²) in [5.74, 6) is -0.125. The van der Waals surface area contributed by atoms with E-state index in [1.54, 1.807) is 19.1 Å². The first-order chi connectivity index (χ1) is 9.47. The Kier molecular flexibility index (Phi) is 4.39. The average molecular weight is 358 g/mol. The van der Waals surface area contributed by atoms with Gasteiger partial charge in [-0.15, -0.1) is 0 Å². The van der Waals surface area contributed by atoms with Gasteiger partial charge in [0.05, 0.1) is 12.0 Å². The fraction of sp³-hybridized carbons (Fsp3) is 0.231. The number of halogens is 1. The van der Waals surface area contributed by atoms with Gasteiger partial charge in [0.2, 0.25) is 0 Å². The predicted molar refractivity (Wildman–Crippen MR) is 80.7 cm³/mol. The standard InChI is InChI=1S/C13H12BrNO4S/c1-3-15-12(17)10(20-13(15)18)5-7-4-8(14)6-9(19-2)11(7)16/h4-6,16H,3H2,1-2H3. The van der Waals surface area contributed by atoms with Crippen LogP contribution in [0.25, 0.3) is 6.08 Å². The minimum absolute atomic E-state index is 0.0704. The maximum atomic E-state index is 12.0. The van der Waals surface area contributed by atoms with Crippen molar-refractivity contribution in [2.45, 2.75) is 6.92 Å². The van der Waals surface area contributed by atoms with Crippen LogP contribution < -0.4 is 4.74 Å². The fourth-order valence-corrected chi connectivity index (χ4v) is 3.12. The molecule has 1 aliphatic rings. The molecule has 0 aromatic heterocycles. The van der Waals surface area contributed by atoms with Crippen LogP contribution in [0, 0.1) is 0 Å². The van der Waals surface area contributed by atoms with Gasteiger partial charge in [0.25, 0.3) is 11.1 Å². The molecule has 1 aromatic rings. The van der Waals surface area contributed by atoms with E-state index in [1.165, 1.54) is 13.2 Å². The van der Waals surface area contributed by atoms with Crippen molar-refractivity contribution in [3.8, 4) is 11.5 Å². The number of amides is 2. The van der Waals surface area contributed by atoms with Crippen molar-refractivity contribution in [2.75, 3.05) is 13.7 Å². The molecule has 0 atom stereocenters. The number of nitrogens with zero attached hydrogens (tertiary/aromatic N) is 1. The number of carbonyl (C=O) groups excluding carboxylic acids is 2. The number of hydrogen-bond donors (Lipinski definition) is 1. The normalized spacial score (nSPS) is 17.1. The van der Waals surface area contributed by atoms with Crippen LogP contribution in [0.3, 0.4) is 0 Å². The molecule has 0 aliphatic carbocycles. The lowest BCUT2D eigenvalue weighted by Crippen LogP contribution is -2.27. The van der Waals surface area contributed by atoms with E-state index in [4.69, 9.17) is 4.74 Å². The second-order valence-electron chi connectivity index (χ2n) is 3.97. The maximum absolute atomic E-state index is 12.0. The molecule has 7 heteroatoms. The number of benzene rings is 1. The van der Waals surface area contributed by atoms with Gasteiger partial charge in [0.1, 0.15) is 0 Å². The van der Waals surface area contributed by atoms with Crippen LogP contribution in [0.15, 0.2) is 21.5 Å². The highest BCUT2D eigenvalue weighted by Crippen LogP contribution is 2.38.